The third-order valence-electron chi connectivity index (χ3n) is 2.60. The first-order valence-electron chi connectivity index (χ1n) is 8.26. The van der Waals surface area contributed by atoms with E-state index in [4.69, 9.17) is 4.74 Å². The SMILES string of the molecule is C=CC(=O)OC(OC(=O)C=C)(OC(=O)C=C)OC(OC(=O)C=C)(OC(=O)C=C)OC(=O)C=C. The van der Waals surface area contributed by atoms with Gasteiger partial charge in [-0.25, -0.2) is 28.8 Å². The Bertz CT molecular complexity index is 714. The van der Waals surface area contributed by atoms with Crippen molar-refractivity contribution in [2.75, 3.05) is 0 Å². The molecule has 0 atom stereocenters. The molecule has 0 aromatic rings. The molecule has 0 rings (SSSR count). The van der Waals surface area contributed by atoms with Gasteiger partial charge in [-0.05, 0) is 0 Å². The van der Waals surface area contributed by atoms with Crippen molar-refractivity contribution in [2.45, 2.75) is 12.3 Å². The molecule has 0 spiro atoms. The Kier molecular flexibility index (Phi) is 11.0. The summed E-state index contributed by atoms with van der Waals surface area (Å²) in [5.74, 6) is -8.85. The minimum atomic E-state index is -3.69. The minimum absolute atomic E-state index is 0.491. The Morgan fingerprint density at radius 1 is 0.394 bits per heavy atom. The van der Waals surface area contributed by atoms with Gasteiger partial charge in [0, 0.05) is 36.5 Å². The Morgan fingerprint density at radius 3 is 0.667 bits per heavy atom. The molecule has 13 nitrogen and oxygen atoms in total. The van der Waals surface area contributed by atoms with Crippen LogP contribution in [0.25, 0.3) is 0 Å². The Morgan fingerprint density at radius 2 is 0.545 bits per heavy atom. The van der Waals surface area contributed by atoms with Gasteiger partial charge in [-0.1, -0.05) is 39.5 Å². The summed E-state index contributed by atoms with van der Waals surface area (Å²) in [5.41, 5.74) is 0. The Hall–Kier alpha value is -4.78. The third-order valence-corrected chi connectivity index (χ3v) is 2.60. The normalized spacial score (nSPS) is 10.2. The van der Waals surface area contributed by atoms with Crippen molar-refractivity contribution in [2.24, 2.45) is 0 Å². The van der Waals surface area contributed by atoms with E-state index >= 15 is 0 Å². The summed E-state index contributed by atoms with van der Waals surface area (Å²) in [6.45, 7) is 18.5. The van der Waals surface area contributed by atoms with Gasteiger partial charge in [0.15, 0.2) is 0 Å². The van der Waals surface area contributed by atoms with E-state index in [-0.39, 0.29) is 0 Å². The van der Waals surface area contributed by atoms with Crippen LogP contribution in [-0.4, -0.2) is 48.1 Å². The first-order chi connectivity index (χ1) is 15.4. The fourth-order valence-corrected chi connectivity index (χ4v) is 1.39. The summed E-state index contributed by atoms with van der Waals surface area (Å²) in [7, 11) is 0. The van der Waals surface area contributed by atoms with E-state index in [0.29, 0.717) is 36.5 Å². The topological polar surface area (TPSA) is 167 Å². The van der Waals surface area contributed by atoms with E-state index in [1.807, 2.05) is 0 Å². The van der Waals surface area contributed by atoms with Crippen LogP contribution in [0.2, 0.25) is 0 Å². The van der Waals surface area contributed by atoms with Crippen LogP contribution in [-0.2, 0) is 61.9 Å². The average Bonchev–Trinajstić information content (AvgIpc) is 2.77. The van der Waals surface area contributed by atoms with E-state index in [1.54, 1.807) is 0 Å². The van der Waals surface area contributed by atoms with Crippen molar-refractivity contribution in [3.63, 3.8) is 0 Å². The predicted molar refractivity (Wildman–Crippen MR) is 104 cm³/mol. The molecule has 13 heteroatoms. The van der Waals surface area contributed by atoms with Gasteiger partial charge in [0.1, 0.15) is 0 Å². The monoisotopic (exact) mass is 466 g/mol. The second-order valence-electron chi connectivity index (χ2n) is 4.85. The van der Waals surface area contributed by atoms with Gasteiger partial charge in [0.2, 0.25) is 0 Å². The van der Waals surface area contributed by atoms with Crippen LogP contribution in [0.3, 0.4) is 0 Å². The highest BCUT2D eigenvalue weighted by atomic mass is 17.1. The summed E-state index contributed by atoms with van der Waals surface area (Å²) in [5, 5.41) is 0. The largest absolute Gasteiger partial charge is 0.576 e. The first-order valence-corrected chi connectivity index (χ1v) is 8.26. The van der Waals surface area contributed by atoms with Crippen molar-refractivity contribution >= 4 is 35.8 Å². The molecule has 0 bridgehead atoms. The number of hydrogen-bond acceptors (Lipinski definition) is 13. The lowest BCUT2D eigenvalue weighted by Crippen LogP contribution is -2.57. The molecule has 0 radical (unpaired) electrons. The molecule has 0 unspecified atom stereocenters. The maximum absolute atomic E-state index is 11.9. The minimum Gasteiger partial charge on any atom is -0.359 e. The summed E-state index contributed by atoms with van der Waals surface area (Å²) in [6, 6.07) is 0. The second-order valence-corrected chi connectivity index (χ2v) is 4.85. The van der Waals surface area contributed by atoms with Crippen molar-refractivity contribution in [1.82, 2.24) is 0 Å². The highest BCUT2D eigenvalue weighted by Gasteiger charge is 2.60. The average molecular weight is 466 g/mol. The number of hydrogen-bond donors (Lipinski definition) is 0. The maximum Gasteiger partial charge on any atom is 0.576 e. The number of ether oxygens (including phenoxy) is 7. The first kappa shape index (κ1) is 28.2. The Labute approximate surface area is 186 Å². The molecule has 0 saturated heterocycles. The van der Waals surface area contributed by atoms with E-state index in [0.717, 1.165) is 0 Å². The fourth-order valence-electron chi connectivity index (χ4n) is 1.39. The molecule has 0 aliphatic carbocycles. The zero-order valence-electron chi connectivity index (χ0n) is 17.0. The molecule has 0 fully saturated rings. The van der Waals surface area contributed by atoms with E-state index < -0.39 is 48.1 Å². The van der Waals surface area contributed by atoms with Gasteiger partial charge in [-0.3, -0.25) is 0 Å². The lowest BCUT2D eigenvalue weighted by atomic mass is 10.6. The highest BCUT2D eigenvalue weighted by Crippen LogP contribution is 2.31. The fraction of sp³-hybridized carbons (Fsp3) is 0.100. The summed E-state index contributed by atoms with van der Waals surface area (Å²) in [4.78, 5) is 71.2. The van der Waals surface area contributed by atoms with Crippen molar-refractivity contribution < 1.29 is 61.9 Å². The van der Waals surface area contributed by atoms with Gasteiger partial charge in [-0.15, -0.1) is 0 Å². The molecular formula is C20H18O13. The molecule has 0 aliphatic rings. The van der Waals surface area contributed by atoms with Gasteiger partial charge >= 0.3 is 48.1 Å². The van der Waals surface area contributed by atoms with Crippen LogP contribution in [0.5, 0.6) is 0 Å². The number of carbonyl (C=O) groups is 6. The van der Waals surface area contributed by atoms with E-state index in [2.05, 4.69) is 67.9 Å². The molecule has 0 aromatic carbocycles. The molecule has 0 amide bonds. The van der Waals surface area contributed by atoms with Crippen LogP contribution in [0.4, 0.5) is 0 Å². The van der Waals surface area contributed by atoms with Crippen LogP contribution < -0.4 is 0 Å². The van der Waals surface area contributed by atoms with Gasteiger partial charge in [0.05, 0.1) is 0 Å². The zero-order valence-corrected chi connectivity index (χ0v) is 17.0. The standard InChI is InChI=1S/C20H18O13/c1-7-13(21)27-19(28-14(22)8-2,29-15(23)9-3)33-20(30-16(24)10-4,31-17(25)11-5)32-18(26)12-6/h7-12H,1-6H2. The van der Waals surface area contributed by atoms with Crippen molar-refractivity contribution in [1.29, 1.82) is 0 Å². The van der Waals surface area contributed by atoms with Crippen molar-refractivity contribution in [3.8, 4) is 0 Å². The molecule has 0 aliphatic heterocycles. The van der Waals surface area contributed by atoms with Gasteiger partial charge < -0.3 is 28.4 Å². The molecule has 33 heavy (non-hydrogen) atoms. The van der Waals surface area contributed by atoms with Gasteiger partial charge in [-0.2, -0.15) is 4.74 Å². The third kappa shape index (κ3) is 9.27. The lowest BCUT2D eigenvalue weighted by Gasteiger charge is -2.35. The summed E-state index contributed by atoms with van der Waals surface area (Å²) < 4.78 is 32.6. The van der Waals surface area contributed by atoms with Crippen LogP contribution >= 0.6 is 0 Å². The molecule has 0 heterocycles. The summed E-state index contributed by atoms with van der Waals surface area (Å²) in [6.07, 6.45) is -4.43. The van der Waals surface area contributed by atoms with E-state index in [9.17, 15) is 28.8 Å². The summed E-state index contributed by atoms with van der Waals surface area (Å²) >= 11 is 0. The lowest BCUT2D eigenvalue weighted by molar-refractivity contribution is -0.568. The second kappa shape index (κ2) is 12.8. The highest BCUT2D eigenvalue weighted by molar-refractivity contribution is 5.86. The number of rotatable bonds is 14. The van der Waals surface area contributed by atoms with Gasteiger partial charge in [0.25, 0.3) is 0 Å². The number of carbonyl (C=O) groups excluding carboxylic acids is 6. The van der Waals surface area contributed by atoms with Crippen LogP contribution in [0.1, 0.15) is 0 Å². The molecule has 0 saturated carbocycles. The molecular weight excluding hydrogens is 448 g/mol. The smallest absolute Gasteiger partial charge is 0.359 e. The number of esters is 6. The zero-order chi connectivity index (χ0) is 25.7. The molecule has 0 N–H and O–H groups in total. The predicted octanol–water partition coefficient (Wildman–Crippen LogP) is 0.601. The molecule has 176 valence electrons. The van der Waals surface area contributed by atoms with Crippen molar-refractivity contribution in [3.05, 3.63) is 75.9 Å². The quantitative estimate of drug-likeness (QED) is 0.198. The van der Waals surface area contributed by atoms with E-state index in [1.165, 1.54) is 0 Å². The molecule has 0 aromatic heterocycles. The Balaban J connectivity index is 7.00. The van der Waals surface area contributed by atoms with Crippen LogP contribution in [0, 0.1) is 0 Å². The maximum atomic E-state index is 11.9. The van der Waals surface area contributed by atoms with Crippen LogP contribution in [0.15, 0.2) is 75.9 Å².